The third kappa shape index (κ3) is 4.69. The van der Waals surface area contributed by atoms with Crippen molar-refractivity contribution in [3.05, 3.63) is 24.3 Å². The molecule has 1 N–H and O–H groups in total. The molecule has 1 amide bonds. The minimum Gasteiger partial charge on any atom is -0.497 e. The topological polar surface area (TPSA) is 81.9 Å². The maximum atomic E-state index is 12.0. The van der Waals surface area contributed by atoms with Gasteiger partial charge >= 0.3 is 0 Å². The molecule has 0 aliphatic carbocycles. The zero-order chi connectivity index (χ0) is 16.9. The molecule has 2 aromatic rings. The van der Waals surface area contributed by atoms with Crippen molar-refractivity contribution < 1.29 is 9.53 Å². The molecule has 1 heterocycles. The molecule has 0 fully saturated rings. The summed E-state index contributed by atoms with van der Waals surface area (Å²) in [6.45, 7) is 6.03. The quantitative estimate of drug-likeness (QED) is 0.780. The largest absolute Gasteiger partial charge is 0.497 e. The van der Waals surface area contributed by atoms with E-state index in [1.165, 1.54) is 11.8 Å². The van der Waals surface area contributed by atoms with Crippen molar-refractivity contribution in [1.82, 2.24) is 25.5 Å². The molecule has 8 heteroatoms. The SMILES string of the molecule is CCC(C)(C)NC(=O)CSc1nnnn1-c1ccc(OC)cc1. The number of hydrogen-bond acceptors (Lipinski definition) is 6. The summed E-state index contributed by atoms with van der Waals surface area (Å²) < 4.78 is 6.73. The van der Waals surface area contributed by atoms with E-state index < -0.39 is 0 Å². The molecule has 1 aromatic carbocycles. The highest BCUT2D eigenvalue weighted by Gasteiger charge is 2.19. The molecule has 124 valence electrons. The van der Waals surface area contributed by atoms with E-state index in [0.29, 0.717) is 5.16 Å². The highest BCUT2D eigenvalue weighted by atomic mass is 32.2. The van der Waals surface area contributed by atoms with Crippen LogP contribution < -0.4 is 10.1 Å². The molecular formula is C15H21N5O2S. The van der Waals surface area contributed by atoms with Crippen LogP contribution >= 0.6 is 11.8 Å². The lowest BCUT2D eigenvalue weighted by Gasteiger charge is -2.24. The third-order valence-corrected chi connectivity index (χ3v) is 4.37. The first-order valence-corrected chi connectivity index (χ1v) is 8.30. The fourth-order valence-electron chi connectivity index (χ4n) is 1.79. The summed E-state index contributed by atoms with van der Waals surface area (Å²) in [6, 6.07) is 7.39. The van der Waals surface area contributed by atoms with Gasteiger partial charge in [-0.25, -0.2) is 0 Å². The fourth-order valence-corrected chi connectivity index (χ4v) is 2.48. The average molecular weight is 335 g/mol. The molecule has 0 bridgehead atoms. The normalized spacial score (nSPS) is 11.3. The van der Waals surface area contributed by atoms with E-state index in [9.17, 15) is 4.79 Å². The number of benzene rings is 1. The Bertz CT molecular complexity index is 654. The van der Waals surface area contributed by atoms with Crippen LogP contribution in [0.1, 0.15) is 27.2 Å². The van der Waals surface area contributed by atoms with Crippen LogP contribution in [-0.4, -0.2) is 44.5 Å². The highest BCUT2D eigenvalue weighted by molar-refractivity contribution is 7.99. The number of amides is 1. The van der Waals surface area contributed by atoms with Gasteiger partial charge in [0.25, 0.3) is 0 Å². The van der Waals surface area contributed by atoms with Crippen molar-refractivity contribution in [2.45, 2.75) is 37.9 Å². The van der Waals surface area contributed by atoms with E-state index in [4.69, 9.17) is 4.74 Å². The monoisotopic (exact) mass is 335 g/mol. The van der Waals surface area contributed by atoms with E-state index in [1.54, 1.807) is 11.8 Å². The predicted molar refractivity (Wildman–Crippen MR) is 88.9 cm³/mol. The molecule has 0 saturated carbocycles. The zero-order valence-corrected chi connectivity index (χ0v) is 14.6. The summed E-state index contributed by atoms with van der Waals surface area (Å²) in [5.41, 5.74) is 0.604. The Hall–Kier alpha value is -2.09. The van der Waals surface area contributed by atoms with Gasteiger partial charge in [0.1, 0.15) is 5.75 Å². The van der Waals surface area contributed by atoms with E-state index in [2.05, 4.69) is 20.8 Å². The summed E-state index contributed by atoms with van der Waals surface area (Å²) in [7, 11) is 1.61. The van der Waals surface area contributed by atoms with Gasteiger partial charge in [-0.3, -0.25) is 4.79 Å². The number of carbonyl (C=O) groups excluding carboxylic acids is 1. The van der Waals surface area contributed by atoms with Gasteiger partial charge in [0, 0.05) is 5.54 Å². The number of methoxy groups -OCH3 is 1. The van der Waals surface area contributed by atoms with Crippen molar-refractivity contribution in [3.63, 3.8) is 0 Å². The van der Waals surface area contributed by atoms with Gasteiger partial charge in [-0.15, -0.1) is 5.10 Å². The van der Waals surface area contributed by atoms with Crippen LogP contribution in [0.5, 0.6) is 5.75 Å². The Morgan fingerprint density at radius 3 is 2.65 bits per heavy atom. The summed E-state index contributed by atoms with van der Waals surface area (Å²) in [5.74, 6) is 0.989. The molecule has 0 atom stereocenters. The van der Waals surface area contributed by atoms with E-state index >= 15 is 0 Å². The second-order valence-electron chi connectivity index (χ2n) is 5.65. The second kappa shape index (κ2) is 7.45. The van der Waals surface area contributed by atoms with Crippen LogP contribution in [0.2, 0.25) is 0 Å². The lowest BCUT2D eigenvalue weighted by molar-refractivity contribution is -0.120. The van der Waals surface area contributed by atoms with Gasteiger partial charge < -0.3 is 10.1 Å². The number of nitrogens with zero attached hydrogens (tertiary/aromatic N) is 4. The molecule has 2 rings (SSSR count). The van der Waals surface area contributed by atoms with Crippen molar-refractivity contribution in [1.29, 1.82) is 0 Å². The molecule has 0 saturated heterocycles. The van der Waals surface area contributed by atoms with E-state index in [0.717, 1.165) is 17.9 Å². The van der Waals surface area contributed by atoms with E-state index in [-0.39, 0.29) is 17.2 Å². The van der Waals surface area contributed by atoms with Crippen LogP contribution in [0.4, 0.5) is 0 Å². The summed E-state index contributed by atoms with van der Waals surface area (Å²) in [5, 5.41) is 15.2. The number of hydrogen-bond donors (Lipinski definition) is 1. The van der Waals surface area contributed by atoms with Crippen molar-refractivity contribution in [3.8, 4) is 11.4 Å². The van der Waals surface area contributed by atoms with Gasteiger partial charge in [-0.05, 0) is 55.0 Å². The molecule has 7 nitrogen and oxygen atoms in total. The molecule has 0 aliphatic rings. The summed E-state index contributed by atoms with van der Waals surface area (Å²) in [4.78, 5) is 12.0. The second-order valence-corrected chi connectivity index (χ2v) is 6.59. The minimum absolute atomic E-state index is 0.0360. The molecule has 0 unspecified atom stereocenters. The smallest absolute Gasteiger partial charge is 0.230 e. The molecule has 0 aliphatic heterocycles. The van der Waals surface area contributed by atoms with Gasteiger partial charge in [-0.1, -0.05) is 18.7 Å². The average Bonchev–Trinajstić information content (AvgIpc) is 3.01. The number of aromatic nitrogens is 4. The Labute approximate surface area is 139 Å². The van der Waals surface area contributed by atoms with Crippen LogP contribution in [0, 0.1) is 0 Å². The Kier molecular flexibility index (Phi) is 5.59. The number of rotatable bonds is 7. The Morgan fingerprint density at radius 2 is 2.04 bits per heavy atom. The molecule has 0 spiro atoms. The number of carbonyl (C=O) groups is 1. The van der Waals surface area contributed by atoms with Gasteiger partial charge in [0.15, 0.2) is 0 Å². The number of thioether (sulfide) groups is 1. The summed E-state index contributed by atoms with van der Waals surface area (Å²) in [6.07, 6.45) is 0.868. The molecule has 23 heavy (non-hydrogen) atoms. The van der Waals surface area contributed by atoms with Gasteiger partial charge in [0.2, 0.25) is 11.1 Å². The lowest BCUT2D eigenvalue weighted by atomic mass is 10.0. The Morgan fingerprint density at radius 1 is 1.35 bits per heavy atom. The third-order valence-electron chi connectivity index (χ3n) is 3.45. The highest BCUT2D eigenvalue weighted by Crippen LogP contribution is 2.20. The van der Waals surface area contributed by atoms with Crippen LogP contribution in [0.3, 0.4) is 0 Å². The lowest BCUT2D eigenvalue weighted by Crippen LogP contribution is -2.43. The van der Waals surface area contributed by atoms with Crippen LogP contribution in [0.25, 0.3) is 5.69 Å². The number of ether oxygens (including phenoxy) is 1. The van der Waals surface area contributed by atoms with Crippen LogP contribution in [0.15, 0.2) is 29.4 Å². The molecule has 1 aromatic heterocycles. The molecule has 0 radical (unpaired) electrons. The minimum atomic E-state index is -0.209. The van der Waals surface area contributed by atoms with E-state index in [1.807, 2.05) is 45.0 Å². The van der Waals surface area contributed by atoms with Gasteiger partial charge in [0.05, 0.1) is 18.6 Å². The maximum Gasteiger partial charge on any atom is 0.230 e. The van der Waals surface area contributed by atoms with Crippen molar-refractivity contribution >= 4 is 17.7 Å². The standard InChI is InChI=1S/C15H21N5O2S/c1-5-15(2,3)16-13(21)10-23-14-17-18-19-20(14)11-6-8-12(22-4)9-7-11/h6-9H,5,10H2,1-4H3,(H,16,21). The first-order chi connectivity index (χ1) is 10.9. The van der Waals surface area contributed by atoms with Crippen molar-refractivity contribution in [2.24, 2.45) is 0 Å². The first kappa shape index (κ1) is 17.3. The Balaban J connectivity index is 2.02. The van der Waals surface area contributed by atoms with Crippen LogP contribution in [-0.2, 0) is 4.79 Å². The van der Waals surface area contributed by atoms with Crippen molar-refractivity contribution in [2.75, 3.05) is 12.9 Å². The zero-order valence-electron chi connectivity index (χ0n) is 13.7. The van der Waals surface area contributed by atoms with Gasteiger partial charge in [-0.2, -0.15) is 4.68 Å². The first-order valence-electron chi connectivity index (χ1n) is 7.32. The fraction of sp³-hybridized carbons (Fsp3) is 0.467. The number of nitrogens with one attached hydrogen (secondary N) is 1. The molecular weight excluding hydrogens is 314 g/mol. The maximum absolute atomic E-state index is 12.0. The summed E-state index contributed by atoms with van der Waals surface area (Å²) >= 11 is 1.30. The predicted octanol–water partition coefficient (Wildman–Crippen LogP) is 2.07. The number of tetrazole rings is 1.